The number of carbonyl (C=O) groups excluding carboxylic acids is 2. The van der Waals surface area contributed by atoms with Crippen LogP contribution in [0.4, 0.5) is 0 Å². The van der Waals surface area contributed by atoms with E-state index in [2.05, 4.69) is 52.2 Å². The van der Waals surface area contributed by atoms with E-state index in [4.69, 9.17) is 9.47 Å². The molecule has 200 valence electrons. The molecule has 8 nitrogen and oxygen atoms in total. The van der Waals surface area contributed by atoms with Gasteiger partial charge in [0, 0.05) is 49.1 Å². The molecule has 2 amide bonds. The van der Waals surface area contributed by atoms with Crippen molar-refractivity contribution < 1.29 is 19.1 Å². The summed E-state index contributed by atoms with van der Waals surface area (Å²) in [7, 11) is 0. The molecule has 2 heterocycles. The van der Waals surface area contributed by atoms with Crippen LogP contribution in [0.5, 0.6) is 0 Å². The van der Waals surface area contributed by atoms with Crippen molar-refractivity contribution in [2.45, 2.75) is 92.4 Å². The van der Waals surface area contributed by atoms with Gasteiger partial charge < -0.3 is 29.9 Å². The number of morpholine rings is 2. The van der Waals surface area contributed by atoms with Gasteiger partial charge in [-0.05, 0) is 41.5 Å². The first-order chi connectivity index (χ1) is 15.6. The predicted octanol–water partition coefficient (Wildman–Crippen LogP) is 2.52. The molecule has 34 heavy (non-hydrogen) atoms. The van der Waals surface area contributed by atoms with Gasteiger partial charge in [-0.2, -0.15) is 0 Å². The number of amides is 2. The van der Waals surface area contributed by atoms with Crippen LogP contribution in [0.2, 0.25) is 0 Å². The molecule has 0 spiro atoms. The zero-order valence-corrected chi connectivity index (χ0v) is 23.5. The van der Waals surface area contributed by atoms with Crippen LogP contribution < -0.4 is 10.6 Å². The van der Waals surface area contributed by atoms with E-state index in [1.54, 1.807) is 0 Å². The molecule has 0 aromatic heterocycles. The van der Waals surface area contributed by atoms with Gasteiger partial charge in [-0.15, -0.1) is 0 Å². The summed E-state index contributed by atoms with van der Waals surface area (Å²) < 4.78 is 10.9. The Morgan fingerprint density at radius 3 is 1.32 bits per heavy atom. The highest BCUT2D eigenvalue weighted by molar-refractivity contribution is 5.79. The molecule has 2 fully saturated rings. The van der Waals surface area contributed by atoms with Crippen molar-refractivity contribution in [1.82, 2.24) is 20.4 Å². The molecule has 0 aromatic carbocycles. The average molecular weight is 485 g/mol. The Kier molecular flexibility index (Phi) is 12.5. The summed E-state index contributed by atoms with van der Waals surface area (Å²) in [6, 6.07) is 0.329. The lowest BCUT2D eigenvalue weighted by Crippen LogP contribution is -2.56. The molecule has 2 N–H and O–H groups in total. The number of hydrogen-bond acceptors (Lipinski definition) is 6. The van der Waals surface area contributed by atoms with E-state index < -0.39 is 0 Å². The number of carbonyl (C=O) groups is 2. The lowest BCUT2D eigenvalue weighted by Gasteiger charge is -2.38. The van der Waals surface area contributed by atoms with Gasteiger partial charge in [0.1, 0.15) is 0 Å². The molecule has 0 radical (unpaired) electrons. The SMILES string of the molecule is CC(C)C(=O)N1CCOCC1CNC(C)(C)C.CC(C)C(=O)N1CCOC[C@@H]1CNC(C)(C)C. The molecule has 2 saturated heterocycles. The van der Waals surface area contributed by atoms with Gasteiger partial charge in [-0.1, -0.05) is 27.7 Å². The molecule has 0 bridgehead atoms. The van der Waals surface area contributed by atoms with Crippen molar-refractivity contribution in [2.24, 2.45) is 11.8 Å². The van der Waals surface area contributed by atoms with Gasteiger partial charge in [0.25, 0.3) is 0 Å². The van der Waals surface area contributed by atoms with Gasteiger partial charge in [0.05, 0.1) is 38.5 Å². The highest BCUT2D eigenvalue weighted by Crippen LogP contribution is 2.13. The second kappa shape index (κ2) is 13.8. The summed E-state index contributed by atoms with van der Waals surface area (Å²) in [6.07, 6.45) is 0. The molecular formula is C26H52N4O4. The molecular weight excluding hydrogens is 432 g/mol. The van der Waals surface area contributed by atoms with Crippen molar-refractivity contribution in [3.8, 4) is 0 Å². The van der Waals surface area contributed by atoms with Crippen LogP contribution in [0.1, 0.15) is 69.2 Å². The fraction of sp³-hybridized carbons (Fsp3) is 0.923. The quantitative estimate of drug-likeness (QED) is 0.603. The number of nitrogens with zero attached hydrogens (tertiary/aromatic N) is 2. The molecule has 2 rings (SSSR count). The number of nitrogens with one attached hydrogen (secondary N) is 2. The predicted molar refractivity (Wildman–Crippen MR) is 138 cm³/mol. The number of rotatable bonds is 6. The van der Waals surface area contributed by atoms with Gasteiger partial charge >= 0.3 is 0 Å². The molecule has 2 aliphatic rings. The maximum Gasteiger partial charge on any atom is 0.225 e. The Labute approximate surface area is 208 Å². The molecule has 0 aliphatic carbocycles. The van der Waals surface area contributed by atoms with Gasteiger partial charge in [-0.3, -0.25) is 9.59 Å². The molecule has 1 unspecified atom stereocenters. The average Bonchev–Trinajstić information content (AvgIpc) is 2.75. The van der Waals surface area contributed by atoms with Crippen molar-refractivity contribution >= 4 is 11.8 Å². The standard InChI is InChI=1S/2C13H26N2O2/c2*1-10(2)12(16)15-6-7-17-9-11(15)8-14-13(3,4)5/h2*10-11,14H,6-9H2,1-5H3/t11-;/m0./s1. The minimum absolute atomic E-state index is 0.0604. The van der Waals surface area contributed by atoms with Crippen LogP contribution in [0.3, 0.4) is 0 Å². The maximum absolute atomic E-state index is 12.1. The molecule has 2 aliphatic heterocycles. The third-order valence-electron chi connectivity index (χ3n) is 5.75. The summed E-state index contributed by atoms with van der Waals surface area (Å²) in [5.74, 6) is 0.582. The smallest absolute Gasteiger partial charge is 0.225 e. The first-order valence-corrected chi connectivity index (χ1v) is 12.9. The summed E-state index contributed by atoms with van der Waals surface area (Å²) in [6.45, 7) is 26.2. The topological polar surface area (TPSA) is 83.1 Å². The maximum atomic E-state index is 12.1. The van der Waals surface area contributed by atoms with E-state index in [1.807, 2.05) is 37.5 Å². The van der Waals surface area contributed by atoms with E-state index in [-0.39, 0.29) is 46.8 Å². The molecule has 0 saturated carbocycles. The number of ether oxygens (including phenoxy) is 2. The zero-order chi connectivity index (χ0) is 26.1. The third kappa shape index (κ3) is 11.5. The van der Waals surface area contributed by atoms with Crippen LogP contribution in [0, 0.1) is 11.8 Å². The van der Waals surface area contributed by atoms with Crippen LogP contribution >= 0.6 is 0 Å². The van der Waals surface area contributed by atoms with Crippen LogP contribution in [0.25, 0.3) is 0 Å². The largest absolute Gasteiger partial charge is 0.377 e. The Balaban J connectivity index is 0.000000340. The Morgan fingerprint density at radius 2 is 1.06 bits per heavy atom. The normalized spacial score (nSPS) is 22.0. The van der Waals surface area contributed by atoms with E-state index in [9.17, 15) is 9.59 Å². The first-order valence-electron chi connectivity index (χ1n) is 12.9. The van der Waals surface area contributed by atoms with E-state index in [0.29, 0.717) is 39.5 Å². The van der Waals surface area contributed by atoms with E-state index in [0.717, 1.165) is 13.1 Å². The highest BCUT2D eigenvalue weighted by atomic mass is 16.5. The lowest BCUT2D eigenvalue weighted by atomic mass is 10.1. The minimum atomic E-state index is 0.0604. The second-order valence-electron chi connectivity index (χ2n) is 12.1. The zero-order valence-electron chi connectivity index (χ0n) is 23.5. The summed E-state index contributed by atoms with van der Waals surface area (Å²) in [5, 5.41) is 6.88. The van der Waals surface area contributed by atoms with Crippen molar-refractivity contribution in [3.63, 3.8) is 0 Å². The summed E-state index contributed by atoms with van der Waals surface area (Å²) in [4.78, 5) is 28.1. The third-order valence-corrected chi connectivity index (χ3v) is 5.75. The van der Waals surface area contributed by atoms with Crippen molar-refractivity contribution in [3.05, 3.63) is 0 Å². The molecule has 2 atom stereocenters. The fourth-order valence-electron chi connectivity index (χ4n) is 3.74. The fourth-order valence-corrected chi connectivity index (χ4v) is 3.74. The Morgan fingerprint density at radius 1 is 0.735 bits per heavy atom. The van der Waals surface area contributed by atoms with Gasteiger partial charge in [-0.25, -0.2) is 0 Å². The van der Waals surface area contributed by atoms with Crippen molar-refractivity contribution in [2.75, 3.05) is 52.6 Å². The van der Waals surface area contributed by atoms with Gasteiger partial charge in [0.15, 0.2) is 0 Å². The monoisotopic (exact) mass is 484 g/mol. The van der Waals surface area contributed by atoms with Crippen molar-refractivity contribution in [1.29, 1.82) is 0 Å². The van der Waals surface area contributed by atoms with Gasteiger partial charge in [0.2, 0.25) is 11.8 Å². The molecule has 8 heteroatoms. The Bertz CT molecular complexity index is 571. The first kappa shape index (κ1) is 30.8. The van der Waals surface area contributed by atoms with Crippen LogP contribution in [0.15, 0.2) is 0 Å². The second-order valence-corrected chi connectivity index (χ2v) is 12.1. The highest BCUT2D eigenvalue weighted by Gasteiger charge is 2.30. The summed E-state index contributed by atoms with van der Waals surface area (Å²) >= 11 is 0. The summed E-state index contributed by atoms with van der Waals surface area (Å²) in [5.41, 5.74) is 0.147. The minimum Gasteiger partial charge on any atom is -0.377 e. The van der Waals surface area contributed by atoms with Crippen LogP contribution in [-0.4, -0.2) is 97.4 Å². The lowest BCUT2D eigenvalue weighted by molar-refractivity contribution is -0.143. The Hall–Kier alpha value is -1.22. The van der Waals surface area contributed by atoms with Crippen LogP contribution in [-0.2, 0) is 19.1 Å². The van der Waals surface area contributed by atoms with E-state index in [1.165, 1.54) is 0 Å². The van der Waals surface area contributed by atoms with E-state index >= 15 is 0 Å². The molecule has 0 aromatic rings. The number of hydrogen-bond donors (Lipinski definition) is 2.